The van der Waals surface area contributed by atoms with Gasteiger partial charge in [0.25, 0.3) is 0 Å². The van der Waals surface area contributed by atoms with Crippen molar-refractivity contribution in [3.8, 4) is 5.75 Å². The zero-order valence-electron chi connectivity index (χ0n) is 19.4. The van der Waals surface area contributed by atoms with Crippen LogP contribution < -0.4 is 14.4 Å². The van der Waals surface area contributed by atoms with Crippen molar-refractivity contribution in [2.24, 2.45) is 0 Å². The summed E-state index contributed by atoms with van der Waals surface area (Å²) in [5.41, 5.74) is 2.70. The first-order valence-electron chi connectivity index (χ1n) is 10.2. The van der Waals surface area contributed by atoms with Gasteiger partial charge in [0.1, 0.15) is 18.3 Å². The molecule has 174 valence electrons. The number of sulfonamides is 1. The molecule has 0 radical (unpaired) electrons. The fourth-order valence-electron chi connectivity index (χ4n) is 3.53. The van der Waals surface area contributed by atoms with E-state index in [-0.39, 0.29) is 12.5 Å². The van der Waals surface area contributed by atoms with E-state index in [1.165, 1.54) is 11.9 Å². The van der Waals surface area contributed by atoms with Crippen LogP contribution in [0.1, 0.15) is 23.6 Å². The minimum Gasteiger partial charge on any atom is -0.497 e. The molecule has 0 aromatic heterocycles. The van der Waals surface area contributed by atoms with Gasteiger partial charge in [0, 0.05) is 13.6 Å². The highest BCUT2D eigenvalue weighted by atomic mass is 32.2. The quantitative estimate of drug-likeness (QED) is 0.618. The molecule has 2 aromatic carbocycles. The summed E-state index contributed by atoms with van der Waals surface area (Å²) in [6.07, 6.45) is 1.07. The number of hydrogen-bond acceptors (Lipinski definition) is 5. The monoisotopic (exact) mass is 461 g/mol. The molecule has 1 atom stereocenters. The van der Waals surface area contributed by atoms with E-state index < -0.39 is 28.5 Å². The van der Waals surface area contributed by atoms with Crippen LogP contribution in [0.5, 0.6) is 5.75 Å². The van der Waals surface area contributed by atoms with Crippen LogP contribution in [0.4, 0.5) is 5.69 Å². The van der Waals surface area contributed by atoms with Crippen LogP contribution in [-0.2, 0) is 26.2 Å². The average Bonchev–Trinajstić information content (AvgIpc) is 2.74. The Morgan fingerprint density at radius 2 is 1.69 bits per heavy atom. The van der Waals surface area contributed by atoms with Gasteiger partial charge in [-0.25, -0.2) is 8.42 Å². The highest BCUT2D eigenvalue weighted by molar-refractivity contribution is 7.92. The number of methoxy groups -OCH3 is 1. The van der Waals surface area contributed by atoms with Gasteiger partial charge >= 0.3 is 0 Å². The van der Waals surface area contributed by atoms with Crippen molar-refractivity contribution in [2.45, 2.75) is 33.4 Å². The first kappa shape index (κ1) is 25.2. The number of anilines is 1. The second kappa shape index (κ2) is 10.5. The SMILES string of the molecule is CNC(=O)C(C)N(Cc1cccc(OC)c1)C(=O)CN(c1c(C)cccc1C)S(C)(=O)=O. The van der Waals surface area contributed by atoms with Gasteiger partial charge in [-0.2, -0.15) is 0 Å². The minimum atomic E-state index is -3.76. The molecule has 2 aromatic rings. The van der Waals surface area contributed by atoms with E-state index in [9.17, 15) is 18.0 Å². The molecule has 0 fully saturated rings. The Labute approximate surface area is 190 Å². The van der Waals surface area contributed by atoms with E-state index in [0.717, 1.165) is 27.3 Å². The van der Waals surface area contributed by atoms with Gasteiger partial charge in [0.05, 0.1) is 19.1 Å². The number of aryl methyl sites for hydroxylation is 2. The second-order valence-corrected chi connectivity index (χ2v) is 9.58. The van der Waals surface area contributed by atoms with Crippen molar-refractivity contribution < 1.29 is 22.7 Å². The minimum absolute atomic E-state index is 0.120. The van der Waals surface area contributed by atoms with Crippen LogP contribution in [0.15, 0.2) is 42.5 Å². The molecule has 0 heterocycles. The van der Waals surface area contributed by atoms with E-state index in [2.05, 4.69) is 5.32 Å². The predicted molar refractivity (Wildman–Crippen MR) is 125 cm³/mol. The molecule has 0 aliphatic heterocycles. The molecular weight excluding hydrogens is 430 g/mol. The van der Waals surface area contributed by atoms with E-state index in [1.807, 2.05) is 12.1 Å². The number of carbonyl (C=O) groups excluding carboxylic acids is 2. The van der Waals surface area contributed by atoms with Crippen LogP contribution >= 0.6 is 0 Å². The highest BCUT2D eigenvalue weighted by Gasteiger charge is 2.30. The van der Waals surface area contributed by atoms with Crippen LogP contribution in [0.25, 0.3) is 0 Å². The molecule has 0 bridgehead atoms. The molecule has 1 unspecified atom stereocenters. The molecule has 0 aliphatic carbocycles. The third-order valence-corrected chi connectivity index (χ3v) is 6.38. The smallest absolute Gasteiger partial charge is 0.244 e. The maximum atomic E-state index is 13.4. The lowest BCUT2D eigenvalue weighted by atomic mass is 10.1. The lowest BCUT2D eigenvalue weighted by Crippen LogP contribution is -2.50. The number of nitrogens with zero attached hydrogens (tertiary/aromatic N) is 2. The van der Waals surface area contributed by atoms with Gasteiger partial charge in [-0.15, -0.1) is 0 Å². The van der Waals surface area contributed by atoms with Gasteiger partial charge in [-0.05, 0) is 49.6 Å². The Morgan fingerprint density at radius 3 is 2.22 bits per heavy atom. The number of benzene rings is 2. The van der Waals surface area contributed by atoms with Crippen molar-refractivity contribution in [3.63, 3.8) is 0 Å². The number of likely N-dealkylation sites (N-methyl/N-ethyl adjacent to an activating group) is 1. The normalized spacial score (nSPS) is 12.1. The van der Waals surface area contributed by atoms with Crippen LogP contribution in [0.3, 0.4) is 0 Å². The van der Waals surface area contributed by atoms with E-state index >= 15 is 0 Å². The predicted octanol–water partition coefficient (Wildman–Crippen LogP) is 2.24. The number of amides is 2. The molecule has 8 nitrogen and oxygen atoms in total. The summed E-state index contributed by atoms with van der Waals surface area (Å²) in [7, 11) is -0.723. The Balaban J connectivity index is 2.45. The van der Waals surface area contributed by atoms with Crippen LogP contribution in [-0.4, -0.2) is 58.1 Å². The Hall–Kier alpha value is -3.07. The molecule has 0 aliphatic rings. The summed E-state index contributed by atoms with van der Waals surface area (Å²) in [6.45, 7) is 4.91. The molecule has 1 N–H and O–H groups in total. The number of rotatable bonds is 9. The molecule has 0 saturated heterocycles. The van der Waals surface area contributed by atoms with Crippen LogP contribution in [0.2, 0.25) is 0 Å². The summed E-state index contributed by atoms with van der Waals surface area (Å²) in [5, 5.41) is 2.55. The van der Waals surface area contributed by atoms with Crippen molar-refractivity contribution in [3.05, 3.63) is 59.2 Å². The molecule has 0 spiro atoms. The van der Waals surface area contributed by atoms with Gasteiger partial charge < -0.3 is 15.0 Å². The second-order valence-electron chi connectivity index (χ2n) is 7.67. The molecule has 2 rings (SSSR count). The third kappa shape index (κ3) is 6.00. The fourth-order valence-corrected chi connectivity index (χ4v) is 4.50. The standard InChI is InChI=1S/C23H31N3O5S/c1-16-9-7-10-17(2)22(16)26(32(6,29)30)15-21(27)25(18(3)23(28)24-4)14-19-11-8-12-20(13-19)31-5/h7-13,18H,14-15H2,1-6H3,(H,24,28). The molecule has 2 amide bonds. The first-order chi connectivity index (χ1) is 15.0. The number of hydrogen-bond donors (Lipinski definition) is 1. The number of nitrogens with one attached hydrogen (secondary N) is 1. The van der Waals surface area contributed by atoms with E-state index in [4.69, 9.17) is 4.74 Å². The van der Waals surface area contributed by atoms with Gasteiger partial charge in [0.15, 0.2) is 0 Å². The zero-order chi connectivity index (χ0) is 24.1. The summed E-state index contributed by atoms with van der Waals surface area (Å²) in [6, 6.07) is 11.8. The molecule has 32 heavy (non-hydrogen) atoms. The van der Waals surface area contributed by atoms with E-state index in [1.54, 1.807) is 58.2 Å². The zero-order valence-corrected chi connectivity index (χ0v) is 20.2. The number of carbonyl (C=O) groups is 2. The Morgan fingerprint density at radius 1 is 1.09 bits per heavy atom. The van der Waals surface area contributed by atoms with Crippen molar-refractivity contribution in [2.75, 3.05) is 31.3 Å². The maximum absolute atomic E-state index is 13.4. The lowest BCUT2D eigenvalue weighted by Gasteiger charge is -2.32. The lowest BCUT2D eigenvalue weighted by molar-refractivity contribution is -0.139. The largest absolute Gasteiger partial charge is 0.497 e. The van der Waals surface area contributed by atoms with Crippen molar-refractivity contribution >= 4 is 27.5 Å². The molecule has 0 saturated carbocycles. The number of ether oxygens (including phenoxy) is 1. The van der Waals surface area contributed by atoms with Gasteiger partial charge in [0.2, 0.25) is 21.8 Å². The van der Waals surface area contributed by atoms with Crippen molar-refractivity contribution in [1.29, 1.82) is 0 Å². The van der Waals surface area contributed by atoms with Gasteiger partial charge in [-0.1, -0.05) is 30.3 Å². The maximum Gasteiger partial charge on any atom is 0.244 e. The highest BCUT2D eigenvalue weighted by Crippen LogP contribution is 2.27. The van der Waals surface area contributed by atoms with Gasteiger partial charge in [-0.3, -0.25) is 13.9 Å². The third-order valence-electron chi connectivity index (χ3n) is 5.27. The topological polar surface area (TPSA) is 96.0 Å². The van der Waals surface area contributed by atoms with Crippen LogP contribution in [0, 0.1) is 13.8 Å². The Kier molecular flexibility index (Phi) is 8.26. The van der Waals surface area contributed by atoms with Crippen molar-refractivity contribution in [1.82, 2.24) is 10.2 Å². The summed E-state index contributed by atoms with van der Waals surface area (Å²) < 4.78 is 31.7. The van der Waals surface area contributed by atoms with E-state index in [0.29, 0.717) is 11.4 Å². The summed E-state index contributed by atoms with van der Waals surface area (Å²) in [5.74, 6) is -0.216. The summed E-state index contributed by atoms with van der Waals surface area (Å²) >= 11 is 0. The average molecular weight is 462 g/mol. The Bertz CT molecular complexity index is 1060. The fraction of sp³-hybridized carbons (Fsp3) is 0.391. The molecule has 9 heteroatoms. The number of para-hydroxylation sites is 1. The molecular formula is C23H31N3O5S. The first-order valence-corrected chi connectivity index (χ1v) is 12.0. The summed E-state index contributed by atoms with van der Waals surface area (Å²) in [4.78, 5) is 27.2.